The zero-order valence-corrected chi connectivity index (χ0v) is 10.2. The third-order valence-corrected chi connectivity index (χ3v) is 2.91. The summed E-state index contributed by atoms with van der Waals surface area (Å²) in [6.07, 6.45) is 0. The van der Waals surface area contributed by atoms with Crippen molar-refractivity contribution in [3.05, 3.63) is 28.2 Å². The molecule has 3 nitrogen and oxygen atoms in total. The molecule has 0 saturated heterocycles. The van der Waals surface area contributed by atoms with E-state index in [1.165, 1.54) is 7.11 Å². The first-order chi connectivity index (χ1) is 6.20. The Kier molecular flexibility index (Phi) is 4.18. The fourth-order valence-corrected chi connectivity index (χ4v) is 2.42. The van der Waals surface area contributed by atoms with Crippen molar-refractivity contribution in [1.82, 2.24) is 0 Å². The highest BCUT2D eigenvalue weighted by atomic mass is 79.9. The van der Waals surface area contributed by atoms with E-state index >= 15 is 0 Å². The number of nitrogens with zero attached hydrogens (tertiary/aromatic N) is 1. The van der Waals surface area contributed by atoms with Gasteiger partial charge in [0, 0.05) is 15.4 Å². The fourth-order valence-electron chi connectivity index (χ4n) is 0.957. The van der Waals surface area contributed by atoms with Crippen LogP contribution in [0.3, 0.4) is 0 Å². The quantitative estimate of drug-likeness (QED) is 0.688. The first-order valence-electron chi connectivity index (χ1n) is 3.57. The Morgan fingerprint density at radius 1 is 1.54 bits per heavy atom. The van der Waals surface area contributed by atoms with Crippen LogP contribution in [0.2, 0.25) is 0 Å². The van der Waals surface area contributed by atoms with Gasteiger partial charge in [0.15, 0.2) is 0 Å². The third kappa shape index (κ3) is 2.43. The second-order valence-electron chi connectivity index (χ2n) is 2.33. The molecule has 0 spiro atoms. The van der Waals surface area contributed by atoms with E-state index in [-0.39, 0.29) is 0 Å². The average Bonchev–Trinajstić information content (AvgIpc) is 2.16. The highest BCUT2D eigenvalue weighted by molar-refractivity contribution is 9.10. The van der Waals surface area contributed by atoms with Gasteiger partial charge in [-0.1, -0.05) is 37.9 Å². The largest absolute Gasteiger partial charge is 0.264 e. The van der Waals surface area contributed by atoms with Crippen LogP contribution < -0.4 is 5.23 Å². The standard InChI is InChI=1S/C8H9Br2NO2/c1-13-11(12)8-4-2-3-7(10)6(8)5-9/h2-4,12H,5H2,1H3. The van der Waals surface area contributed by atoms with Gasteiger partial charge in [-0.25, -0.2) is 0 Å². The van der Waals surface area contributed by atoms with Gasteiger partial charge < -0.3 is 0 Å². The maximum Gasteiger partial charge on any atom is 0.0996 e. The lowest BCUT2D eigenvalue weighted by Gasteiger charge is -2.16. The van der Waals surface area contributed by atoms with Gasteiger partial charge >= 0.3 is 0 Å². The van der Waals surface area contributed by atoms with Crippen molar-refractivity contribution in [2.24, 2.45) is 0 Å². The van der Waals surface area contributed by atoms with Crippen molar-refractivity contribution in [3.8, 4) is 0 Å². The number of benzene rings is 1. The molecule has 1 aromatic carbocycles. The molecular formula is C8H9Br2NO2. The van der Waals surface area contributed by atoms with Crippen LogP contribution in [-0.2, 0) is 10.2 Å². The van der Waals surface area contributed by atoms with Crippen molar-refractivity contribution in [2.45, 2.75) is 5.33 Å². The summed E-state index contributed by atoms with van der Waals surface area (Å²) in [4.78, 5) is 4.68. The predicted octanol–water partition coefficient (Wildman–Crippen LogP) is 3.10. The average molecular weight is 311 g/mol. The van der Waals surface area contributed by atoms with Crippen LogP contribution in [-0.4, -0.2) is 12.3 Å². The Labute approximate surface area is 93.5 Å². The normalized spacial score (nSPS) is 10.2. The van der Waals surface area contributed by atoms with Gasteiger partial charge in [-0.05, 0) is 12.1 Å². The number of hydrogen-bond acceptors (Lipinski definition) is 3. The minimum absolute atomic E-state index is 0.619. The Balaban J connectivity index is 3.12. The van der Waals surface area contributed by atoms with Crippen LogP contribution in [0.1, 0.15) is 5.56 Å². The van der Waals surface area contributed by atoms with Crippen molar-refractivity contribution in [2.75, 3.05) is 12.3 Å². The van der Waals surface area contributed by atoms with Gasteiger partial charge in [0.1, 0.15) is 0 Å². The summed E-state index contributed by atoms with van der Waals surface area (Å²) in [5, 5.41) is 10.7. The molecule has 0 fully saturated rings. The van der Waals surface area contributed by atoms with Crippen LogP contribution in [0.5, 0.6) is 0 Å². The van der Waals surface area contributed by atoms with Crippen LogP contribution in [0, 0.1) is 0 Å². The van der Waals surface area contributed by atoms with Crippen LogP contribution in [0.25, 0.3) is 0 Å². The molecule has 0 aromatic heterocycles. The lowest BCUT2D eigenvalue weighted by atomic mass is 10.2. The van der Waals surface area contributed by atoms with Crippen molar-refractivity contribution < 1.29 is 10.0 Å². The minimum atomic E-state index is 0.619. The van der Waals surface area contributed by atoms with Gasteiger partial charge in [-0.15, -0.1) is 5.23 Å². The van der Waals surface area contributed by atoms with Crippen LogP contribution in [0.4, 0.5) is 5.69 Å². The molecule has 0 aliphatic carbocycles. The predicted molar refractivity (Wildman–Crippen MR) is 58.0 cm³/mol. The van der Waals surface area contributed by atoms with Gasteiger partial charge in [0.2, 0.25) is 0 Å². The van der Waals surface area contributed by atoms with E-state index in [4.69, 9.17) is 0 Å². The first-order valence-corrected chi connectivity index (χ1v) is 5.48. The van der Waals surface area contributed by atoms with E-state index < -0.39 is 0 Å². The first kappa shape index (κ1) is 11.0. The van der Waals surface area contributed by atoms with Crippen molar-refractivity contribution in [1.29, 1.82) is 0 Å². The molecule has 72 valence electrons. The van der Waals surface area contributed by atoms with Gasteiger partial charge in [-0.2, -0.15) is 0 Å². The molecule has 5 heteroatoms. The van der Waals surface area contributed by atoms with Gasteiger partial charge in [-0.3, -0.25) is 10.0 Å². The SMILES string of the molecule is CON(O)c1cccc(Br)c1CBr. The Bertz CT molecular complexity index is 293. The summed E-state index contributed by atoms with van der Waals surface area (Å²) >= 11 is 6.71. The molecule has 0 atom stereocenters. The molecule has 0 aliphatic rings. The number of rotatable bonds is 3. The number of hydrogen-bond donors (Lipinski definition) is 1. The molecule has 0 aliphatic heterocycles. The molecule has 0 unspecified atom stereocenters. The number of alkyl halides is 1. The van der Waals surface area contributed by atoms with E-state index in [0.29, 0.717) is 11.0 Å². The summed E-state index contributed by atoms with van der Waals surface area (Å²) in [5.74, 6) is 0. The summed E-state index contributed by atoms with van der Waals surface area (Å²) < 4.78 is 0.929. The highest BCUT2D eigenvalue weighted by Crippen LogP contribution is 2.28. The Hall–Kier alpha value is -0.100. The zero-order chi connectivity index (χ0) is 9.84. The summed E-state index contributed by atoms with van der Waals surface area (Å²) in [6, 6.07) is 5.50. The minimum Gasteiger partial charge on any atom is -0.264 e. The third-order valence-electron chi connectivity index (χ3n) is 1.61. The Morgan fingerprint density at radius 3 is 2.77 bits per heavy atom. The maximum atomic E-state index is 9.34. The van der Waals surface area contributed by atoms with Crippen LogP contribution in [0.15, 0.2) is 22.7 Å². The molecule has 0 bridgehead atoms. The zero-order valence-electron chi connectivity index (χ0n) is 7.00. The van der Waals surface area contributed by atoms with Crippen LogP contribution >= 0.6 is 31.9 Å². The van der Waals surface area contributed by atoms with E-state index in [0.717, 1.165) is 15.3 Å². The molecule has 0 amide bonds. The molecule has 1 aromatic rings. The Morgan fingerprint density at radius 2 is 2.23 bits per heavy atom. The van der Waals surface area contributed by atoms with Crippen molar-refractivity contribution >= 4 is 37.5 Å². The molecule has 13 heavy (non-hydrogen) atoms. The molecule has 0 heterocycles. The van der Waals surface area contributed by atoms with Crippen molar-refractivity contribution in [3.63, 3.8) is 0 Å². The van der Waals surface area contributed by atoms with E-state index in [1.54, 1.807) is 6.07 Å². The molecular weight excluding hydrogens is 302 g/mol. The fraction of sp³-hybridized carbons (Fsp3) is 0.250. The lowest BCUT2D eigenvalue weighted by molar-refractivity contribution is -0.0113. The number of anilines is 1. The topological polar surface area (TPSA) is 32.7 Å². The highest BCUT2D eigenvalue weighted by Gasteiger charge is 2.10. The van der Waals surface area contributed by atoms with E-state index in [2.05, 4.69) is 36.7 Å². The molecule has 1 N–H and O–H groups in total. The van der Waals surface area contributed by atoms with Gasteiger partial charge in [0.25, 0.3) is 0 Å². The second kappa shape index (κ2) is 4.95. The smallest absolute Gasteiger partial charge is 0.0996 e. The van der Waals surface area contributed by atoms with E-state index in [1.807, 2.05) is 12.1 Å². The molecule has 0 saturated carbocycles. The number of halogens is 2. The van der Waals surface area contributed by atoms with Gasteiger partial charge in [0.05, 0.1) is 12.8 Å². The maximum absolute atomic E-state index is 9.34. The summed E-state index contributed by atoms with van der Waals surface area (Å²) in [6.45, 7) is 0. The molecule has 1 rings (SSSR count). The summed E-state index contributed by atoms with van der Waals surface area (Å²) in [5.41, 5.74) is 1.56. The summed E-state index contributed by atoms with van der Waals surface area (Å²) in [7, 11) is 1.40. The monoisotopic (exact) mass is 309 g/mol. The molecule has 0 radical (unpaired) electrons. The second-order valence-corrected chi connectivity index (χ2v) is 3.74. The van der Waals surface area contributed by atoms with E-state index in [9.17, 15) is 5.21 Å². The lowest BCUT2D eigenvalue weighted by Crippen LogP contribution is -2.17.